The molecule has 0 aliphatic heterocycles. The van der Waals surface area contributed by atoms with Crippen LogP contribution in [-0.2, 0) is 13.7 Å². The fourth-order valence-corrected chi connectivity index (χ4v) is 3.56. The molecule has 0 spiro atoms. The summed E-state index contributed by atoms with van der Waals surface area (Å²) in [7, 11) is 2.03. The first-order chi connectivity index (χ1) is 14.1. The summed E-state index contributed by atoms with van der Waals surface area (Å²) >= 11 is 0. The second-order valence-corrected chi connectivity index (χ2v) is 7.46. The predicted octanol–water partition coefficient (Wildman–Crippen LogP) is 4.32. The lowest BCUT2D eigenvalue weighted by Crippen LogP contribution is -2.16. The summed E-state index contributed by atoms with van der Waals surface area (Å²) in [4.78, 5) is 17.4. The van der Waals surface area contributed by atoms with Gasteiger partial charge in [-0.25, -0.2) is 9.37 Å². The van der Waals surface area contributed by atoms with Crippen molar-refractivity contribution in [1.29, 1.82) is 0 Å². The van der Waals surface area contributed by atoms with Gasteiger partial charge in [-0.05, 0) is 54.8 Å². The van der Waals surface area contributed by atoms with Crippen LogP contribution in [0.2, 0.25) is 0 Å². The summed E-state index contributed by atoms with van der Waals surface area (Å²) in [5.74, 6) is 1.88. The Balaban J connectivity index is 1.40. The van der Waals surface area contributed by atoms with Crippen molar-refractivity contribution < 1.29 is 9.13 Å². The second-order valence-electron chi connectivity index (χ2n) is 7.46. The van der Waals surface area contributed by atoms with E-state index in [1.807, 2.05) is 25.2 Å². The molecule has 6 heteroatoms. The summed E-state index contributed by atoms with van der Waals surface area (Å²) in [6.07, 6.45) is 4.10. The summed E-state index contributed by atoms with van der Waals surface area (Å²) in [5.41, 5.74) is 3.42. The first kappa shape index (κ1) is 17.7. The van der Waals surface area contributed by atoms with Crippen molar-refractivity contribution in [2.45, 2.75) is 25.4 Å². The average molecular weight is 389 g/mol. The molecule has 1 aliphatic carbocycles. The quantitative estimate of drug-likeness (QED) is 0.511. The number of aryl methyl sites for hydroxylation is 1. The van der Waals surface area contributed by atoms with Crippen LogP contribution < -0.4 is 10.3 Å². The lowest BCUT2D eigenvalue weighted by molar-refractivity contribution is 0.305. The van der Waals surface area contributed by atoms with Gasteiger partial charge in [0.15, 0.2) is 0 Å². The summed E-state index contributed by atoms with van der Waals surface area (Å²) in [6, 6.07) is 15.2. The molecular formula is C23H20FN3O2. The molecule has 5 nitrogen and oxygen atoms in total. The van der Waals surface area contributed by atoms with E-state index in [0.717, 1.165) is 28.1 Å². The maximum absolute atomic E-state index is 13.0. The van der Waals surface area contributed by atoms with Gasteiger partial charge in [0, 0.05) is 25.2 Å². The van der Waals surface area contributed by atoms with Crippen molar-refractivity contribution in [3.63, 3.8) is 0 Å². The molecule has 0 radical (unpaired) electrons. The smallest absolute Gasteiger partial charge is 0.258 e. The maximum Gasteiger partial charge on any atom is 0.258 e. The van der Waals surface area contributed by atoms with Crippen LogP contribution in [-0.4, -0.2) is 14.1 Å². The Labute approximate surface area is 167 Å². The summed E-state index contributed by atoms with van der Waals surface area (Å²) in [6.45, 7) is 0.272. The van der Waals surface area contributed by atoms with Gasteiger partial charge in [0.1, 0.15) is 24.0 Å². The van der Waals surface area contributed by atoms with E-state index in [2.05, 4.69) is 4.57 Å². The van der Waals surface area contributed by atoms with Crippen molar-refractivity contribution in [2.75, 3.05) is 0 Å². The fraction of sp³-hybridized carbons (Fsp3) is 0.217. The van der Waals surface area contributed by atoms with Crippen molar-refractivity contribution >= 4 is 11.0 Å². The van der Waals surface area contributed by atoms with E-state index in [1.54, 1.807) is 29.0 Å². The van der Waals surface area contributed by atoms with E-state index in [9.17, 15) is 9.18 Å². The molecule has 1 saturated carbocycles. The molecule has 0 bridgehead atoms. The third-order valence-electron chi connectivity index (χ3n) is 5.33. The monoisotopic (exact) mass is 389 g/mol. The van der Waals surface area contributed by atoms with Gasteiger partial charge in [0.25, 0.3) is 5.56 Å². The van der Waals surface area contributed by atoms with Crippen molar-refractivity contribution in [2.24, 2.45) is 7.05 Å². The Bertz CT molecular complexity index is 1250. The SMILES string of the molecule is Cn1c(C2CC2)nc2ccc(-n3ccc(OCc4ccc(F)cc4)cc3=O)cc21. The van der Waals surface area contributed by atoms with Crippen LogP contribution in [0.15, 0.2) is 65.6 Å². The molecule has 4 aromatic rings. The van der Waals surface area contributed by atoms with Gasteiger partial charge < -0.3 is 9.30 Å². The van der Waals surface area contributed by atoms with E-state index in [1.165, 1.54) is 31.0 Å². The number of benzene rings is 2. The zero-order valence-corrected chi connectivity index (χ0v) is 16.0. The highest BCUT2D eigenvalue weighted by Crippen LogP contribution is 2.40. The molecule has 2 aromatic carbocycles. The molecule has 0 unspecified atom stereocenters. The molecular weight excluding hydrogens is 369 g/mol. The number of hydrogen-bond donors (Lipinski definition) is 0. The van der Waals surface area contributed by atoms with Crippen LogP contribution in [0.4, 0.5) is 4.39 Å². The number of aromatic nitrogens is 3. The maximum atomic E-state index is 13.0. The van der Waals surface area contributed by atoms with E-state index < -0.39 is 0 Å². The number of nitrogens with zero attached hydrogens (tertiary/aromatic N) is 3. The Morgan fingerprint density at radius 2 is 1.90 bits per heavy atom. The minimum Gasteiger partial charge on any atom is -0.489 e. The van der Waals surface area contributed by atoms with Crippen LogP contribution in [0.3, 0.4) is 0 Å². The van der Waals surface area contributed by atoms with Gasteiger partial charge in [-0.15, -0.1) is 0 Å². The highest BCUT2D eigenvalue weighted by molar-refractivity contribution is 5.78. The lowest BCUT2D eigenvalue weighted by atomic mass is 10.2. The standard InChI is InChI=1S/C23H20FN3O2/c1-26-21-12-18(8-9-20(21)25-23(26)16-4-5-16)27-11-10-19(13-22(27)28)29-14-15-2-6-17(24)7-3-15/h2-3,6-13,16H,4-5,14H2,1H3. The summed E-state index contributed by atoms with van der Waals surface area (Å²) in [5, 5.41) is 0. The van der Waals surface area contributed by atoms with E-state index >= 15 is 0 Å². The highest BCUT2D eigenvalue weighted by Gasteiger charge is 2.28. The molecule has 29 heavy (non-hydrogen) atoms. The molecule has 1 aliphatic rings. The van der Waals surface area contributed by atoms with Crippen LogP contribution in [0, 0.1) is 5.82 Å². The predicted molar refractivity (Wildman–Crippen MR) is 109 cm³/mol. The molecule has 2 aromatic heterocycles. The van der Waals surface area contributed by atoms with Gasteiger partial charge in [0.05, 0.1) is 16.7 Å². The number of imidazole rings is 1. The molecule has 0 amide bonds. The van der Waals surface area contributed by atoms with Gasteiger partial charge in [-0.3, -0.25) is 9.36 Å². The molecule has 0 saturated heterocycles. The molecule has 1 fully saturated rings. The minimum absolute atomic E-state index is 0.175. The normalized spacial score (nSPS) is 13.7. The number of halogens is 1. The zero-order chi connectivity index (χ0) is 20.0. The van der Waals surface area contributed by atoms with Crippen LogP contribution >= 0.6 is 0 Å². The fourth-order valence-electron chi connectivity index (χ4n) is 3.56. The van der Waals surface area contributed by atoms with Gasteiger partial charge >= 0.3 is 0 Å². The van der Waals surface area contributed by atoms with Gasteiger partial charge in [-0.2, -0.15) is 0 Å². The first-order valence-electron chi connectivity index (χ1n) is 9.65. The number of fused-ring (bicyclic) bond motifs is 1. The largest absolute Gasteiger partial charge is 0.489 e. The van der Waals surface area contributed by atoms with E-state index in [0.29, 0.717) is 11.7 Å². The third-order valence-corrected chi connectivity index (χ3v) is 5.33. The van der Waals surface area contributed by atoms with Gasteiger partial charge in [0.2, 0.25) is 0 Å². The Morgan fingerprint density at radius 1 is 1.10 bits per heavy atom. The molecule has 0 N–H and O–H groups in total. The number of rotatable bonds is 5. The average Bonchev–Trinajstić information content (AvgIpc) is 3.52. The Kier molecular flexibility index (Phi) is 4.19. The number of ether oxygens (including phenoxy) is 1. The Morgan fingerprint density at radius 3 is 2.62 bits per heavy atom. The molecule has 2 heterocycles. The zero-order valence-electron chi connectivity index (χ0n) is 16.0. The van der Waals surface area contributed by atoms with E-state index in [-0.39, 0.29) is 18.0 Å². The third kappa shape index (κ3) is 3.42. The molecule has 0 atom stereocenters. The Hall–Kier alpha value is -3.41. The van der Waals surface area contributed by atoms with Crippen molar-refractivity contribution in [3.05, 3.63) is 88.4 Å². The highest BCUT2D eigenvalue weighted by atomic mass is 19.1. The van der Waals surface area contributed by atoms with Crippen molar-refractivity contribution in [3.8, 4) is 11.4 Å². The van der Waals surface area contributed by atoms with Crippen LogP contribution in [0.1, 0.15) is 30.1 Å². The minimum atomic E-state index is -0.286. The second kappa shape index (κ2) is 6.88. The van der Waals surface area contributed by atoms with Gasteiger partial charge in [-0.1, -0.05) is 12.1 Å². The topological polar surface area (TPSA) is 49.0 Å². The number of pyridine rings is 1. The summed E-state index contributed by atoms with van der Waals surface area (Å²) < 4.78 is 22.4. The van der Waals surface area contributed by atoms with Crippen LogP contribution in [0.25, 0.3) is 16.7 Å². The first-order valence-corrected chi connectivity index (χ1v) is 9.65. The van der Waals surface area contributed by atoms with E-state index in [4.69, 9.17) is 9.72 Å². The van der Waals surface area contributed by atoms with Crippen molar-refractivity contribution in [1.82, 2.24) is 14.1 Å². The number of hydrogen-bond acceptors (Lipinski definition) is 3. The molecule has 146 valence electrons. The lowest BCUT2D eigenvalue weighted by Gasteiger charge is -2.09. The van der Waals surface area contributed by atoms with Crippen LogP contribution in [0.5, 0.6) is 5.75 Å². The molecule has 5 rings (SSSR count).